The largest absolute Gasteiger partial charge is 0.391 e. The minimum absolute atomic E-state index is 0.0867. The Bertz CT molecular complexity index is 323. The number of aliphatic hydroxyl groups is 1. The summed E-state index contributed by atoms with van der Waals surface area (Å²) >= 11 is 0. The monoisotopic (exact) mass is 268 g/mol. The van der Waals surface area contributed by atoms with Crippen LogP contribution in [0.15, 0.2) is 0 Å². The third-order valence-electron chi connectivity index (χ3n) is 4.82. The van der Waals surface area contributed by atoms with Crippen LogP contribution >= 0.6 is 0 Å². The number of rotatable bonds is 2. The molecule has 1 N–H and O–H groups in total. The molecule has 0 spiro atoms. The minimum Gasteiger partial charge on any atom is -0.391 e. The van der Waals surface area contributed by atoms with E-state index in [1.54, 1.807) is 0 Å². The molecule has 5 nitrogen and oxygen atoms in total. The zero-order valence-electron chi connectivity index (χ0n) is 11.5. The highest BCUT2D eigenvalue weighted by Crippen LogP contribution is 2.25. The predicted molar refractivity (Wildman–Crippen MR) is 70.7 cm³/mol. The molecule has 108 valence electrons. The molecule has 1 saturated carbocycles. The van der Waals surface area contributed by atoms with E-state index in [9.17, 15) is 9.90 Å². The van der Waals surface area contributed by atoms with Crippen molar-refractivity contribution in [3.63, 3.8) is 0 Å². The summed E-state index contributed by atoms with van der Waals surface area (Å²) in [6.07, 6.45) is 3.88. The van der Waals surface area contributed by atoms with Crippen LogP contribution in [0.2, 0.25) is 0 Å². The van der Waals surface area contributed by atoms with Gasteiger partial charge >= 0.3 is 0 Å². The number of aliphatic hydroxyl groups excluding tert-OH is 1. The van der Waals surface area contributed by atoms with E-state index >= 15 is 0 Å². The van der Waals surface area contributed by atoms with Crippen molar-refractivity contribution in [2.75, 3.05) is 39.4 Å². The van der Waals surface area contributed by atoms with Gasteiger partial charge in [0.25, 0.3) is 0 Å². The normalized spacial score (nSPS) is 36.9. The molecule has 2 saturated heterocycles. The summed E-state index contributed by atoms with van der Waals surface area (Å²) in [5.74, 6) is 0.354. The molecule has 1 amide bonds. The van der Waals surface area contributed by atoms with Crippen molar-refractivity contribution in [3.8, 4) is 0 Å². The Hall–Kier alpha value is -0.650. The summed E-state index contributed by atoms with van der Waals surface area (Å²) in [4.78, 5) is 16.6. The van der Waals surface area contributed by atoms with Crippen LogP contribution in [0.5, 0.6) is 0 Å². The summed E-state index contributed by atoms with van der Waals surface area (Å²) in [5, 5.41) is 9.95. The van der Waals surface area contributed by atoms with Gasteiger partial charge in [-0.15, -0.1) is 0 Å². The number of piperazine rings is 1. The Morgan fingerprint density at radius 1 is 1.11 bits per heavy atom. The van der Waals surface area contributed by atoms with E-state index in [1.807, 2.05) is 4.90 Å². The molecule has 3 rings (SSSR count). The van der Waals surface area contributed by atoms with Crippen molar-refractivity contribution in [2.45, 2.75) is 37.8 Å². The van der Waals surface area contributed by atoms with Crippen LogP contribution in [0.4, 0.5) is 0 Å². The lowest BCUT2D eigenvalue weighted by Crippen LogP contribution is -2.54. The summed E-state index contributed by atoms with van der Waals surface area (Å²) in [5.41, 5.74) is 0. The topological polar surface area (TPSA) is 53.0 Å². The molecule has 3 fully saturated rings. The third kappa shape index (κ3) is 2.78. The molecule has 2 aliphatic heterocycles. The van der Waals surface area contributed by atoms with Gasteiger partial charge in [0, 0.05) is 38.8 Å². The van der Waals surface area contributed by atoms with Crippen LogP contribution in [0.3, 0.4) is 0 Å². The number of carbonyl (C=O) groups excluding carboxylic acids is 1. The van der Waals surface area contributed by atoms with E-state index in [0.29, 0.717) is 12.6 Å². The van der Waals surface area contributed by atoms with Crippen molar-refractivity contribution in [3.05, 3.63) is 0 Å². The second-order valence-electron chi connectivity index (χ2n) is 5.99. The fourth-order valence-electron chi connectivity index (χ4n) is 3.61. The number of ether oxygens (including phenoxy) is 1. The molecule has 0 aromatic rings. The van der Waals surface area contributed by atoms with Crippen LogP contribution in [0.1, 0.15) is 25.7 Å². The highest BCUT2D eigenvalue weighted by atomic mass is 16.5. The molecule has 3 aliphatic rings. The maximum absolute atomic E-state index is 12.3. The predicted octanol–water partition coefficient (Wildman–Crippen LogP) is 0.0805. The van der Waals surface area contributed by atoms with E-state index in [2.05, 4.69) is 4.90 Å². The molecule has 19 heavy (non-hydrogen) atoms. The van der Waals surface area contributed by atoms with E-state index in [0.717, 1.165) is 58.5 Å². The first-order valence-corrected chi connectivity index (χ1v) is 7.54. The van der Waals surface area contributed by atoms with E-state index in [1.165, 1.54) is 0 Å². The van der Waals surface area contributed by atoms with E-state index < -0.39 is 0 Å². The van der Waals surface area contributed by atoms with Crippen molar-refractivity contribution in [1.29, 1.82) is 0 Å². The van der Waals surface area contributed by atoms with Gasteiger partial charge in [-0.05, 0) is 25.7 Å². The molecular weight excluding hydrogens is 244 g/mol. The third-order valence-corrected chi connectivity index (χ3v) is 4.82. The number of amides is 1. The molecule has 3 unspecified atom stereocenters. The molecule has 5 heteroatoms. The average Bonchev–Trinajstić information content (AvgIpc) is 3.09. The average molecular weight is 268 g/mol. The Morgan fingerprint density at radius 2 is 1.89 bits per heavy atom. The first kappa shape index (κ1) is 13.3. The van der Waals surface area contributed by atoms with E-state index in [-0.39, 0.29) is 17.9 Å². The summed E-state index contributed by atoms with van der Waals surface area (Å²) < 4.78 is 5.29. The van der Waals surface area contributed by atoms with Crippen molar-refractivity contribution in [2.24, 2.45) is 5.92 Å². The maximum atomic E-state index is 12.3. The Balaban J connectivity index is 1.50. The number of hydrogen-bond donors (Lipinski definition) is 1. The van der Waals surface area contributed by atoms with Gasteiger partial charge < -0.3 is 14.7 Å². The number of hydrogen-bond acceptors (Lipinski definition) is 4. The van der Waals surface area contributed by atoms with Gasteiger partial charge in [0.1, 0.15) is 0 Å². The maximum Gasteiger partial charge on any atom is 0.228 e. The van der Waals surface area contributed by atoms with Crippen LogP contribution in [0.25, 0.3) is 0 Å². The van der Waals surface area contributed by atoms with E-state index in [4.69, 9.17) is 4.74 Å². The Morgan fingerprint density at radius 3 is 2.47 bits per heavy atom. The standard InChI is InChI=1S/C14H24N2O3/c17-13-3-1-2-12(13)15-5-7-16(8-6-15)14(18)11-4-9-19-10-11/h11-13,17H,1-10H2. The SMILES string of the molecule is O=C(C1CCOC1)N1CCN(C2CCCC2O)CC1. The lowest BCUT2D eigenvalue weighted by atomic mass is 10.1. The fraction of sp³-hybridized carbons (Fsp3) is 0.929. The molecule has 0 aromatic carbocycles. The van der Waals surface area contributed by atoms with Gasteiger partial charge in [-0.3, -0.25) is 9.69 Å². The van der Waals surface area contributed by atoms with Gasteiger partial charge in [0.05, 0.1) is 18.6 Å². The first-order valence-electron chi connectivity index (χ1n) is 7.54. The van der Waals surface area contributed by atoms with Gasteiger partial charge in [-0.25, -0.2) is 0 Å². The lowest BCUT2D eigenvalue weighted by molar-refractivity contribution is -0.137. The highest BCUT2D eigenvalue weighted by molar-refractivity contribution is 5.79. The van der Waals surface area contributed by atoms with Crippen molar-refractivity contribution in [1.82, 2.24) is 9.80 Å². The zero-order chi connectivity index (χ0) is 13.2. The van der Waals surface area contributed by atoms with Gasteiger partial charge in [0.2, 0.25) is 5.91 Å². The summed E-state index contributed by atoms with van der Waals surface area (Å²) in [6.45, 7) is 4.74. The molecular formula is C14H24N2O3. The van der Waals surface area contributed by atoms with Gasteiger partial charge in [0.15, 0.2) is 0 Å². The fourth-order valence-corrected chi connectivity index (χ4v) is 3.61. The van der Waals surface area contributed by atoms with Crippen LogP contribution in [-0.4, -0.2) is 72.4 Å². The molecule has 1 aliphatic carbocycles. The van der Waals surface area contributed by atoms with Crippen LogP contribution in [0, 0.1) is 5.92 Å². The van der Waals surface area contributed by atoms with Crippen molar-refractivity contribution >= 4 is 5.91 Å². The highest BCUT2D eigenvalue weighted by Gasteiger charge is 2.35. The summed E-state index contributed by atoms with van der Waals surface area (Å²) in [6, 6.07) is 0.326. The minimum atomic E-state index is -0.162. The quantitative estimate of drug-likeness (QED) is 0.770. The second kappa shape index (κ2) is 5.77. The van der Waals surface area contributed by atoms with Crippen LogP contribution in [-0.2, 0) is 9.53 Å². The summed E-state index contributed by atoms with van der Waals surface area (Å²) in [7, 11) is 0. The Labute approximate surface area is 114 Å². The zero-order valence-corrected chi connectivity index (χ0v) is 11.5. The molecule has 0 aromatic heterocycles. The number of nitrogens with zero attached hydrogens (tertiary/aromatic N) is 2. The Kier molecular flexibility index (Phi) is 4.05. The second-order valence-corrected chi connectivity index (χ2v) is 5.99. The van der Waals surface area contributed by atoms with Crippen molar-refractivity contribution < 1.29 is 14.6 Å². The molecule has 0 bridgehead atoms. The van der Waals surface area contributed by atoms with Gasteiger partial charge in [-0.1, -0.05) is 0 Å². The molecule has 2 heterocycles. The number of carbonyl (C=O) groups is 1. The first-order chi connectivity index (χ1) is 9.25. The molecule has 3 atom stereocenters. The molecule has 0 radical (unpaired) electrons. The van der Waals surface area contributed by atoms with Crippen LogP contribution < -0.4 is 0 Å². The van der Waals surface area contributed by atoms with Gasteiger partial charge in [-0.2, -0.15) is 0 Å². The lowest BCUT2D eigenvalue weighted by Gasteiger charge is -2.39. The smallest absolute Gasteiger partial charge is 0.228 e.